The highest BCUT2D eigenvalue weighted by Crippen LogP contribution is 2.39. The van der Waals surface area contributed by atoms with E-state index in [2.05, 4.69) is 25.7 Å². The van der Waals surface area contributed by atoms with Crippen LogP contribution in [0.4, 0.5) is 0 Å². The molecular weight excluding hydrogens is 316 g/mol. The minimum absolute atomic E-state index is 0.464. The molecule has 0 saturated heterocycles. The number of rotatable bonds is 6. The number of hydrogen-bond donors (Lipinski definition) is 0. The summed E-state index contributed by atoms with van der Waals surface area (Å²) in [4.78, 5) is 4.40. The highest BCUT2D eigenvalue weighted by atomic mass is 32.2. The van der Waals surface area contributed by atoms with Crippen LogP contribution in [0.1, 0.15) is 30.5 Å². The SMILES string of the molecule is COc1ccc(-n2nnnc2SCc2noc(C3CC3)n2)cc1. The quantitative estimate of drug-likeness (QED) is 0.635. The second-order valence-corrected chi connectivity index (χ2v) is 6.13. The lowest BCUT2D eigenvalue weighted by molar-refractivity contribution is 0.375. The third-order valence-corrected chi connectivity index (χ3v) is 4.41. The lowest BCUT2D eigenvalue weighted by Crippen LogP contribution is -1.99. The van der Waals surface area contributed by atoms with E-state index in [0.29, 0.717) is 22.7 Å². The second kappa shape index (κ2) is 5.99. The number of hydrogen-bond acceptors (Lipinski definition) is 8. The van der Waals surface area contributed by atoms with Crippen molar-refractivity contribution in [3.63, 3.8) is 0 Å². The average molecular weight is 330 g/mol. The van der Waals surface area contributed by atoms with E-state index in [0.717, 1.165) is 30.2 Å². The van der Waals surface area contributed by atoms with E-state index in [9.17, 15) is 0 Å². The molecule has 118 valence electrons. The summed E-state index contributed by atoms with van der Waals surface area (Å²) in [5.41, 5.74) is 0.866. The smallest absolute Gasteiger partial charge is 0.229 e. The summed E-state index contributed by atoms with van der Waals surface area (Å²) in [6.07, 6.45) is 2.29. The zero-order valence-electron chi connectivity index (χ0n) is 12.4. The van der Waals surface area contributed by atoms with E-state index in [-0.39, 0.29) is 0 Å². The van der Waals surface area contributed by atoms with Gasteiger partial charge in [-0.1, -0.05) is 16.9 Å². The van der Waals surface area contributed by atoms with E-state index in [4.69, 9.17) is 9.26 Å². The molecule has 23 heavy (non-hydrogen) atoms. The molecule has 0 bridgehead atoms. The Morgan fingerprint density at radius 1 is 1.30 bits per heavy atom. The first-order chi connectivity index (χ1) is 11.3. The monoisotopic (exact) mass is 330 g/mol. The number of benzene rings is 1. The van der Waals surface area contributed by atoms with Gasteiger partial charge in [0.25, 0.3) is 0 Å². The number of tetrazole rings is 1. The van der Waals surface area contributed by atoms with Crippen LogP contribution in [-0.4, -0.2) is 37.5 Å². The summed E-state index contributed by atoms with van der Waals surface area (Å²) in [5.74, 6) is 3.23. The normalized spacial score (nSPS) is 14.1. The van der Waals surface area contributed by atoms with Gasteiger partial charge in [-0.3, -0.25) is 0 Å². The summed E-state index contributed by atoms with van der Waals surface area (Å²) < 4.78 is 12.1. The molecule has 0 N–H and O–H groups in total. The minimum Gasteiger partial charge on any atom is -0.497 e. The first-order valence-electron chi connectivity index (χ1n) is 7.21. The first-order valence-corrected chi connectivity index (χ1v) is 8.20. The highest BCUT2D eigenvalue weighted by Gasteiger charge is 2.29. The lowest BCUT2D eigenvalue weighted by atomic mass is 10.3. The lowest BCUT2D eigenvalue weighted by Gasteiger charge is -2.04. The van der Waals surface area contributed by atoms with Gasteiger partial charge in [-0.15, -0.1) is 5.10 Å². The molecule has 1 aliphatic carbocycles. The van der Waals surface area contributed by atoms with Gasteiger partial charge in [0.05, 0.1) is 18.6 Å². The van der Waals surface area contributed by atoms with Gasteiger partial charge in [0.2, 0.25) is 11.0 Å². The topological polar surface area (TPSA) is 91.8 Å². The maximum Gasteiger partial charge on any atom is 0.229 e. The number of nitrogens with zero attached hydrogens (tertiary/aromatic N) is 6. The van der Waals surface area contributed by atoms with Crippen LogP contribution in [0, 0.1) is 0 Å². The van der Waals surface area contributed by atoms with E-state index in [1.165, 1.54) is 11.8 Å². The Kier molecular flexibility index (Phi) is 3.70. The molecular formula is C14H14N6O2S. The highest BCUT2D eigenvalue weighted by molar-refractivity contribution is 7.98. The Morgan fingerprint density at radius 2 is 2.13 bits per heavy atom. The summed E-state index contributed by atoms with van der Waals surface area (Å²) in [7, 11) is 1.63. The Morgan fingerprint density at radius 3 is 2.87 bits per heavy atom. The van der Waals surface area contributed by atoms with Crippen molar-refractivity contribution in [3.8, 4) is 11.4 Å². The van der Waals surface area contributed by atoms with Gasteiger partial charge in [0, 0.05) is 5.92 Å². The Balaban J connectivity index is 1.47. The van der Waals surface area contributed by atoms with Gasteiger partial charge in [-0.2, -0.15) is 9.67 Å². The van der Waals surface area contributed by atoms with Crippen molar-refractivity contribution in [2.75, 3.05) is 7.11 Å². The maximum atomic E-state index is 5.25. The van der Waals surface area contributed by atoms with Gasteiger partial charge in [-0.05, 0) is 47.5 Å². The number of ether oxygens (including phenoxy) is 1. The summed E-state index contributed by atoms with van der Waals surface area (Å²) in [5, 5.41) is 16.5. The van der Waals surface area contributed by atoms with Gasteiger partial charge < -0.3 is 9.26 Å². The van der Waals surface area contributed by atoms with Crippen molar-refractivity contribution in [2.45, 2.75) is 29.7 Å². The molecule has 1 aromatic carbocycles. The van der Waals surface area contributed by atoms with Crippen LogP contribution in [0.3, 0.4) is 0 Å². The van der Waals surface area contributed by atoms with E-state index < -0.39 is 0 Å². The van der Waals surface area contributed by atoms with E-state index in [1.807, 2.05) is 24.3 Å². The zero-order chi connectivity index (χ0) is 15.6. The molecule has 1 aliphatic rings. The predicted molar refractivity (Wildman–Crippen MR) is 81.5 cm³/mol. The fraction of sp³-hybridized carbons (Fsp3) is 0.357. The molecule has 8 nitrogen and oxygen atoms in total. The Hall–Kier alpha value is -2.42. The van der Waals surface area contributed by atoms with Crippen LogP contribution in [0.15, 0.2) is 33.9 Å². The molecule has 0 unspecified atom stereocenters. The standard InChI is InChI=1S/C14H14N6O2S/c1-21-11-6-4-10(5-7-11)20-14(16-18-19-20)23-8-12-15-13(22-17-12)9-2-3-9/h4-7,9H,2-3,8H2,1H3. The Labute approximate surface area is 136 Å². The van der Waals surface area contributed by atoms with Crippen LogP contribution < -0.4 is 4.74 Å². The molecule has 0 aliphatic heterocycles. The molecule has 9 heteroatoms. The van der Waals surface area contributed by atoms with Gasteiger partial charge >= 0.3 is 0 Å². The molecule has 0 atom stereocenters. The van der Waals surface area contributed by atoms with Crippen molar-refractivity contribution in [2.24, 2.45) is 0 Å². The van der Waals surface area contributed by atoms with Gasteiger partial charge in [0.15, 0.2) is 5.82 Å². The van der Waals surface area contributed by atoms with Crippen LogP contribution in [-0.2, 0) is 5.75 Å². The van der Waals surface area contributed by atoms with Crippen LogP contribution in [0.2, 0.25) is 0 Å². The van der Waals surface area contributed by atoms with E-state index in [1.54, 1.807) is 11.8 Å². The molecule has 1 saturated carbocycles. The van der Waals surface area contributed by atoms with Crippen LogP contribution in [0.25, 0.3) is 5.69 Å². The average Bonchev–Trinajstić information content (AvgIpc) is 3.15. The van der Waals surface area contributed by atoms with Gasteiger partial charge in [0.1, 0.15) is 5.75 Å². The zero-order valence-corrected chi connectivity index (χ0v) is 13.2. The molecule has 2 heterocycles. The molecule has 3 aromatic rings. The molecule has 0 radical (unpaired) electrons. The predicted octanol–water partition coefficient (Wildman–Crippen LogP) is 2.22. The van der Waals surface area contributed by atoms with Crippen LogP contribution in [0.5, 0.6) is 5.75 Å². The summed E-state index contributed by atoms with van der Waals surface area (Å²) in [6, 6.07) is 7.54. The van der Waals surface area contributed by atoms with Crippen molar-refractivity contribution >= 4 is 11.8 Å². The largest absolute Gasteiger partial charge is 0.497 e. The molecule has 1 fully saturated rings. The first kappa shape index (κ1) is 14.2. The maximum absolute atomic E-state index is 5.25. The van der Waals surface area contributed by atoms with Crippen molar-refractivity contribution in [1.82, 2.24) is 30.3 Å². The Bertz CT molecular complexity index is 796. The fourth-order valence-electron chi connectivity index (χ4n) is 2.11. The fourth-order valence-corrected chi connectivity index (χ4v) is 2.84. The molecule has 0 amide bonds. The van der Waals surface area contributed by atoms with Crippen molar-refractivity contribution in [3.05, 3.63) is 36.0 Å². The second-order valence-electron chi connectivity index (χ2n) is 5.18. The number of aromatic nitrogens is 6. The number of thioether (sulfide) groups is 1. The molecule has 2 aromatic heterocycles. The van der Waals surface area contributed by atoms with Crippen molar-refractivity contribution in [1.29, 1.82) is 0 Å². The van der Waals surface area contributed by atoms with Crippen LogP contribution >= 0.6 is 11.8 Å². The number of methoxy groups -OCH3 is 1. The third-order valence-electron chi connectivity index (χ3n) is 3.50. The van der Waals surface area contributed by atoms with Gasteiger partial charge in [-0.25, -0.2) is 0 Å². The minimum atomic E-state index is 0.464. The molecule has 4 rings (SSSR count). The van der Waals surface area contributed by atoms with E-state index >= 15 is 0 Å². The summed E-state index contributed by atoms with van der Waals surface area (Å²) >= 11 is 1.47. The van der Waals surface area contributed by atoms with Crippen molar-refractivity contribution < 1.29 is 9.26 Å². The third kappa shape index (κ3) is 3.04. The molecule has 0 spiro atoms. The summed E-state index contributed by atoms with van der Waals surface area (Å²) in [6.45, 7) is 0.